The molecule has 1 amide bonds. The fourth-order valence-electron chi connectivity index (χ4n) is 5.77. The molecule has 44 heavy (non-hydrogen) atoms. The lowest BCUT2D eigenvalue weighted by atomic mass is 10.0. The number of likely N-dealkylation sites (tertiary alicyclic amines) is 1. The van der Waals surface area contributed by atoms with Crippen molar-refractivity contribution in [1.82, 2.24) is 10.2 Å². The predicted molar refractivity (Wildman–Crippen MR) is 176 cm³/mol. The monoisotopic (exact) mass is 603 g/mol. The van der Waals surface area contributed by atoms with Gasteiger partial charge in [-0.3, -0.25) is 5.32 Å². The first kappa shape index (κ1) is 33.5. The Kier molecular flexibility index (Phi) is 14.0. The lowest BCUT2D eigenvalue weighted by Gasteiger charge is -2.31. The number of benzene rings is 3. The Bertz CT molecular complexity index is 1260. The van der Waals surface area contributed by atoms with E-state index in [4.69, 9.17) is 4.74 Å². The summed E-state index contributed by atoms with van der Waals surface area (Å²) >= 11 is 0. The van der Waals surface area contributed by atoms with Gasteiger partial charge in [0.05, 0.1) is 18.4 Å². The number of phenols is 1. The molecule has 3 aromatic carbocycles. The molecule has 1 aliphatic rings. The van der Waals surface area contributed by atoms with Crippen molar-refractivity contribution in [2.75, 3.05) is 38.0 Å². The summed E-state index contributed by atoms with van der Waals surface area (Å²) in [5, 5.41) is 35.5. The second kappa shape index (κ2) is 18.4. The number of para-hydroxylation sites is 1. The van der Waals surface area contributed by atoms with Crippen molar-refractivity contribution in [3.05, 3.63) is 83.9 Å². The third-order valence-corrected chi connectivity index (χ3v) is 8.38. The van der Waals surface area contributed by atoms with Crippen LogP contribution in [0.3, 0.4) is 0 Å². The van der Waals surface area contributed by atoms with Crippen LogP contribution in [0.2, 0.25) is 0 Å². The summed E-state index contributed by atoms with van der Waals surface area (Å²) in [6.45, 7) is 4.11. The number of anilines is 1. The molecular weight excluding hydrogens is 554 g/mol. The minimum atomic E-state index is -0.660. The fourth-order valence-corrected chi connectivity index (χ4v) is 5.77. The summed E-state index contributed by atoms with van der Waals surface area (Å²) in [7, 11) is 0. The number of aliphatic hydroxyl groups excluding tert-OH is 2. The highest BCUT2D eigenvalue weighted by atomic mass is 16.6. The molecule has 1 heterocycles. The summed E-state index contributed by atoms with van der Waals surface area (Å²) in [4.78, 5) is 15.1. The van der Waals surface area contributed by atoms with E-state index in [2.05, 4.69) is 15.5 Å². The van der Waals surface area contributed by atoms with Gasteiger partial charge in [0, 0.05) is 30.8 Å². The Hall–Kier alpha value is -3.43. The number of carbonyl (C=O) groups is 1. The number of hydrogen-bond acceptors (Lipinski definition) is 7. The van der Waals surface area contributed by atoms with Crippen molar-refractivity contribution in [1.29, 1.82) is 0 Å². The molecule has 1 saturated heterocycles. The van der Waals surface area contributed by atoms with E-state index < -0.39 is 6.10 Å². The van der Waals surface area contributed by atoms with E-state index in [0.717, 1.165) is 62.3 Å². The molecule has 0 spiro atoms. The topological polar surface area (TPSA) is 114 Å². The largest absolute Gasteiger partial charge is 0.508 e. The highest BCUT2D eigenvalue weighted by molar-refractivity contribution is 5.91. The van der Waals surface area contributed by atoms with E-state index in [9.17, 15) is 20.1 Å². The molecule has 3 aromatic rings. The number of aliphatic hydroxyl groups is 2. The van der Waals surface area contributed by atoms with E-state index >= 15 is 0 Å². The first-order chi connectivity index (χ1) is 21.5. The Balaban J connectivity index is 0.987. The normalized spacial score (nSPS) is 14.8. The van der Waals surface area contributed by atoms with E-state index in [1.165, 1.54) is 44.6 Å². The average Bonchev–Trinajstić information content (AvgIpc) is 3.05. The number of carbonyl (C=O) groups excluding carboxylic acids is 1. The Morgan fingerprint density at radius 3 is 2.32 bits per heavy atom. The third-order valence-electron chi connectivity index (χ3n) is 8.38. The SMILES string of the molecule is O=C(Nc1ccccc1-c1ccccc1)OC1CCN(CCCCCCCCCNC[C@H](O)c2ccc(O)c(CO)c2)CC1. The molecule has 1 atom stereocenters. The van der Waals surface area contributed by atoms with E-state index in [-0.39, 0.29) is 24.6 Å². The number of ether oxygens (including phenoxy) is 1. The van der Waals surface area contributed by atoms with Crippen LogP contribution < -0.4 is 10.6 Å². The minimum Gasteiger partial charge on any atom is -0.508 e. The van der Waals surface area contributed by atoms with Crippen LogP contribution >= 0.6 is 0 Å². The first-order valence-electron chi connectivity index (χ1n) is 16.2. The standard InChI is InChI=1S/C36H49N3O5/c40-27-30-25-29(17-18-34(30)41)35(42)26-37-21-11-4-2-1-3-5-12-22-39-23-19-31(20-24-39)44-36(43)38-33-16-10-9-15-32(33)28-13-7-6-8-14-28/h6-10,13-18,25,31,35,37,40-42H,1-5,11-12,19-24,26-27H2,(H,38,43)/t35-/m0/s1. The molecule has 5 N–H and O–H groups in total. The molecule has 1 aliphatic heterocycles. The van der Waals surface area contributed by atoms with E-state index in [1.54, 1.807) is 12.1 Å². The van der Waals surface area contributed by atoms with Crippen LogP contribution in [0, 0.1) is 0 Å². The van der Waals surface area contributed by atoms with Crippen LogP contribution in [0.5, 0.6) is 5.75 Å². The molecule has 1 fully saturated rings. The highest BCUT2D eigenvalue weighted by Gasteiger charge is 2.22. The number of nitrogens with one attached hydrogen (secondary N) is 2. The maximum absolute atomic E-state index is 12.7. The van der Waals surface area contributed by atoms with Crippen LogP contribution in [0.15, 0.2) is 72.8 Å². The molecule has 4 rings (SSSR count). The van der Waals surface area contributed by atoms with Crippen LogP contribution in [-0.4, -0.2) is 65.1 Å². The summed E-state index contributed by atoms with van der Waals surface area (Å²) in [6.07, 6.45) is 9.09. The van der Waals surface area contributed by atoms with Crippen LogP contribution in [0.25, 0.3) is 11.1 Å². The van der Waals surface area contributed by atoms with Gasteiger partial charge in [-0.1, -0.05) is 86.7 Å². The molecule has 0 saturated carbocycles. The Morgan fingerprint density at radius 2 is 1.57 bits per heavy atom. The van der Waals surface area contributed by atoms with Gasteiger partial charge in [0.2, 0.25) is 0 Å². The second-order valence-corrected chi connectivity index (χ2v) is 11.7. The van der Waals surface area contributed by atoms with Gasteiger partial charge < -0.3 is 30.3 Å². The zero-order valence-corrected chi connectivity index (χ0v) is 25.8. The van der Waals surface area contributed by atoms with Crippen molar-refractivity contribution in [2.24, 2.45) is 0 Å². The molecule has 0 bridgehead atoms. The van der Waals surface area contributed by atoms with E-state index in [1.807, 2.05) is 54.6 Å². The quantitative estimate of drug-likeness (QED) is 0.110. The zero-order valence-electron chi connectivity index (χ0n) is 25.8. The molecular formula is C36H49N3O5. The molecule has 0 aliphatic carbocycles. The minimum absolute atomic E-state index is 0.0418. The van der Waals surface area contributed by atoms with Gasteiger partial charge in [-0.05, 0) is 68.1 Å². The van der Waals surface area contributed by atoms with Gasteiger partial charge in [0.15, 0.2) is 0 Å². The first-order valence-corrected chi connectivity index (χ1v) is 16.2. The van der Waals surface area contributed by atoms with Gasteiger partial charge in [-0.25, -0.2) is 4.79 Å². The zero-order chi connectivity index (χ0) is 31.0. The smallest absolute Gasteiger partial charge is 0.411 e. The average molecular weight is 604 g/mol. The van der Waals surface area contributed by atoms with Gasteiger partial charge >= 0.3 is 6.09 Å². The Morgan fingerprint density at radius 1 is 0.886 bits per heavy atom. The van der Waals surface area contributed by atoms with Crippen molar-refractivity contribution in [3.8, 4) is 16.9 Å². The highest BCUT2D eigenvalue weighted by Crippen LogP contribution is 2.28. The number of aromatic hydroxyl groups is 1. The lowest BCUT2D eigenvalue weighted by Crippen LogP contribution is -2.38. The maximum Gasteiger partial charge on any atom is 0.411 e. The van der Waals surface area contributed by atoms with Crippen molar-refractivity contribution in [3.63, 3.8) is 0 Å². The van der Waals surface area contributed by atoms with Gasteiger partial charge in [0.25, 0.3) is 0 Å². The number of unbranched alkanes of at least 4 members (excludes halogenated alkanes) is 6. The van der Waals surface area contributed by atoms with Gasteiger partial charge in [-0.2, -0.15) is 0 Å². The lowest BCUT2D eigenvalue weighted by molar-refractivity contribution is 0.0584. The summed E-state index contributed by atoms with van der Waals surface area (Å²) in [6, 6.07) is 22.7. The fraction of sp³-hybridized carbons (Fsp3) is 0.472. The van der Waals surface area contributed by atoms with Gasteiger partial charge in [-0.15, -0.1) is 0 Å². The van der Waals surface area contributed by atoms with Gasteiger partial charge in [0.1, 0.15) is 11.9 Å². The summed E-state index contributed by atoms with van der Waals surface area (Å²) in [5.41, 5.74) is 3.93. The second-order valence-electron chi connectivity index (χ2n) is 11.7. The third kappa shape index (κ3) is 10.9. The molecule has 0 radical (unpaired) electrons. The molecule has 8 nitrogen and oxygen atoms in total. The molecule has 238 valence electrons. The van der Waals surface area contributed by atoms with Crippen molar-refractivity contribution >= 4 is 11.8 Å². The number of hydrogen-bond donors (Lipinski definition) is 5. The van der Waals surface area contributed by atoms with E-state index in [0.29, 0.717) is 17.7 Å². The number of amides is 1. The molecule has 0 unspecified atom stereocenters. The number of nitrogens with zero attached hydrogens (tertiary/aromatic N) is 1. The van der Waals surface area contributed by atoms with Crippen LogP contribution in [0.1, 0.15) is 75.0 Å². The maximum atomic E-state index is 12.7. The molecule has 0 aromatic heterocycles. The summed E-state index contributed by atoms with van der Waals surface area (Å²) < 4.78 is 5.77. The molecule has 8 heteroatoms. The van der Waals surface area contributed by atoms with Crippen molar-refractivity contribution in [2.45, 2.75) is 76.6 Å². The van der Waals surface area contributed by atoms with Crippen molar-refractivity contribution < 1.29 is 24.9 Å². The van der Waals surface area contributed by atoms with Crippen LogP contribution in [-0.2, 0) is 11.3 Å². The number of rotatable bonds is 17. The van der Waals surface area contributed by atoms with Crippen LogP contribution in [0.4, 0.5) is 10.5 Å². The Labute approximate surface area is 262 Å². The summed E-state index contributed by atoms with van der Waals surface area (Å²) in [5.74, 6) is 0.0480. The number of piperidine rings is 1. The predicted octanol–water partition coefficient (Wildman–Crippen LogP) is 6.62.